The second-order valence-electron chi connectivity index (χ2n) is 4.90. The largest absolute Gasteiger partial charge is 0.493 e. The van der Waals surface area contributed by atoms with Gasteiger partial charge < -0.3 is 9.53 Å². The minimum absolute atomic E-state index is 0.180. The summed E-state index contributed by atoms with van der Waals surface area (Å²) in [7, 11) is -3.56. The lowest BCUT2D eigenvalue weighted by Gasteiger charge is -2.22. The second kappa shape index (κ2) is 5.33. The molecule has 21 heavy (non-hydrogen) atoms. The summed E-state index contributed by atoms with van der Waals surface area (Å²) in [6, 6.07) is 13.0. The molecule has 1 atom stereocenters. The fourth-order valence-corrected chi connectivity index (χ4v) is 3.74. The lowest BCUT2D eigenvalue weighted by atomic mass is 9.95. The van der Waals surface area contributed by atoms with Gasteiger partial charge in [0, 0.05) is 11.5 Å². The van der Waals surface area contributed by atoms with Gasteiger partial charge in [-0.15, -0.1) is 0 Å². The van der Waals surface area contributed by atoms with E-state index in [1.165, 1.54) is 12.1 Å². The Kier molecular flexibility index (Phi) is 3.51. The van der Waals surface area contributed by atoms with Gasteiger partial charge in [-0.25, -0.2) is 8.42 Å². The van der Waals surface area contributed by atoms with E-state index in [1.807, 2.05) is 0 Å². The third-order valence-corrected chi connectivity index (χ3v) is 5.37. The molecule has 0 N–H and O–H groups in total. The molecule has 0 bridgehead atoms. The Morgan fingerprint density at radius 3 is 2.52 bits per heavy atom. The zero-order valence-electron chi connectivity index (χ0n) is 11.2. The number of hydrogen-bond acceptors (Lipinski definition) is 4. The first-order valence-electron chi connectivity index (χ1n) is 6.65. The summed E-state index contributed by atoms with van der Waals surface area (Å²) in [6.07, 6.45) is 1.51. The average Bonchev–Trinajstić information content (AvgIpc) is 2.54. The summed E-state index contributed by atoms with van der Waals surface area (Å²) in [4.78, 5) is 11.5. The van der Waals surface area contributed by atoms with Crippen molar-refractivity contribution in [2.45, 2.75) is 22.1 Å². The molecule has 1 unspecified atom stereocenters. The van der Waals surface area contributed by atoms with E-state index in [0.29, 0.717) is 18.8 Å². The zero-order chi connectivity index (χ0) is 14.9. The van der Waals surface area contributed by atoms with E-state index in [4.69, 9.17) is 4.74 Å². The van der Waals surface area contributed by atoms with Crippen LogP contribution in [0.15, 0.2) is 58.3 Å². The minimum atomic E-state index is -3.56. The summed E-state index contributed by atoms with van der Waals surface area (Å²) in [5.74, 6) is 0.262. The Bertz CT molecular complexity index is 766. The molecule has 5 heteroatoms. The van der Waals surface area contributed by atoms with Gasteiger partial charge in [0.25, 0.3) is 0 Å². The quantitative estimate of drug-likeness (QED) is 0.818. The van der Waals surface area contributed by atoms with Crippen LogP contribution in [0, 0.1) is 0 Å². The molecule has 1 aliphatic heterocycles. The predicted octanol–water partition coefficient (Wildman–Crippen LogP) is 2.58. The third kappa shape index (κ3) is 2.45. The molecule has 0 aliphatic carbocycles. The van der Waals surface area contributed by atoms with Crippen molar-refractivity contribution < 1.29 is 17.9 Å². The van der Waals surface area contributed by atoms with E-state index < -0.39 is 9.84 Å². The summed E-state index contributed by atoms with van der Waals surface area (Å²) in [5.41, 5.74) is 0.753. The van der Waals surface area contributed by atoms with Gasteiger partial charge >= 0.3 is 0 Å². The van der Waals surface area contributed by atoms with Crippen molar-refractivity contribution in [1.82, 2.24) is 0 Å². The lowest BCUT2D eigenvalue weighted by Crippen LogP contribution is -2.15. The number of sulfone groups is 1. The number of aldehydes is 1. The molecule has 0 fully saturated rings. The molecule has 3 rings (SSSR count). The van der Waals surface area contributed by atoms with Gasteiger partial charge in [-0.3, -0.25) is 0 Å². The van der Waals surface area contributed by atoms with Crippen LogP contribution in [0.3, 0.4) is 0 Å². The van der Waals surface area contributed by atoms with Crippen molar-refractivity contribution in [2.75, 3.05) is 6.61 Å². The van der Waals surface area contributed by atoms with Crippen molar-refractivity contribution in [3.05, 3.63) is 54.1 Å². The van der Waals surface area contributed by atoms with Gasteiger partial charge in [-0.2, -0.15) is 0 Å². The number of carbonyl (C=O) groups excluding carboxylic acids is 1. The Balaban J connectivity index is 2.07. The maximum Gasteiger partial charge on any atom is 0.206 e. The first-order chi connectivity index (χ1) is 10.1. The average molecular weight is 302 g/mol. The number of fused-ring (bicyclic) bond motifs is 1. The van der Waals surface area contributed by atoms with Gasteiger partial charge in [0.05, 0.1) is 16.4 Å². The lowest BCUT2D eigenvalue weighted by molar-refractivity contribution is -0.109. The van der Waals surface area contributed by atoms with Crippen molar-refractivity contribution in [1.29, 1.82) is 0 Å². The standard InChI is InChI=1S/C16H14O4S/c17-11-12-8-9-20-16-10-14(6-7-15(12)16)21(18,19)13-4-2-1-3-5-13/h1-7,10-12H,8-9H2. The monoisotopic (exact) mass is 302 g/mol. The summed E-state index contributed by atoms with van der Waals surface area (Å²) >= 11 is 0. The van der Waals surface area contributed by atoms with Crippen LogP contribution < -0.4 is 4.74 Å². The molecule has 1 heterocycles. The molecular formula is C16H14O4S. The minimum Gasteiger partial charge on any atom is -0.493 e. The highest BCUT2D eigenvalue weighted by atomic mass is 32.2. The van der Waals surface area contributed by atoms with Crippen LogP contribution in [0.2, 0.25) is 0 Å². The van der Waals surface area contributed by atoms with E-state index in [2.05, 4.69) is 0 Å². The Hall–Kier alpha value is -2.14. The van der Waals surface area contributed by atoms with Gasteiger partial charge in [0.15, 0.2) is 0 Å². The van der Waals surface area contributed by atoms with Gasteiger partial charge in [0.1, 0.15) is 12.0 Å². The fourth-order valence-electron chi connectivity index (χ4n) is 2.44. The van der Waals surface area contributed by atoms with Gasteiger partial charge in [-0.1, -0.05) is 24.3 Å². The number of benzene rings is 2. The molecule has 0 saturated heterocycles. The van der Waals surface area contributed by atoms with Crippen LogP contribution in [0.4, 0.5) is 0 Å². The molecule has 108 valence electrons. The highest BCUT2D eigenvalue weighted by Gasteiger charge is 2.24. The molecule has 2 aromatic rings. The Morgan fingerprint density at radius 1 is 1.05 bits per heavy atom. The third-order valence-electron chi connectivity index (χ3n) is 3.60. The number of ether oxygens (including phenoxy) is 1. The summed E-state index contributed by atoms with van der Waals surface area (Å²) in [5, 5.41) is 0. The normalized spacial score (nSPS) is 17.6. The maximum absolute atomic E-state index is 12.5. The number of hydrogen-bond donors (Lipinski definition) is 0. The van der Waals surface area contributed by atoms with Crippen LogP contribution in [0.1, 0.15) is 17.9 Å². The highest BCUT2D eigenvalue weighted by molar-refractivity contribution is 7.91. The topological polar surface area (TPSA) is 60.4 Å². The predicted molar refractivity (Wildman–Crippen MR) is 77.3 cm³/mol. The van der Waals surface area contributed by atoms with Crippen molar-refractivity contribution in [2.24, 2.45) is 0 Å². The molecule has 0 aromatic heterocycles. The van der Waals surface area contributed by atoms with E-state index in [0.717, 1.165) is 11.8 Å². The number of rotatable bonds is 3. The SMILES string of the molecule is O=CC1CCOc2cc(S(=O)(=O)c3ccccc3)ccc21. The van der Waals surface area contributed by atoms with E-state index >= 15 is 0 Å². The first-order valence-corrected chi connectivity index (χ1v) is 8.13. The molecule has 0 saturated carbocycles. The van der Waals surface area contributed by atoms with Crippen molar-refractivity contribution >= 4 is 16.1 Å². The van der Waals surface area contributed by atoms with Crippen molar-refractivity contribution in [3.8, 4) is 5.75 Å². The highest BCUT2D eigenvalue weighted by Crippen LogP contribution is 2.35. The zero-order valence-corrected chi connectivity index (χ0v) is 12.0. The van der Waals surface area contributed by atoms with Crippen LogP contribution in [-0.4, -0.2) is 21.3 Å². The van der Waals surface area contributed by atoms with E-state index in [1.54, 1.807) is 36.4 Å². The second-order valence-corrected chi connectivity index (χ2v) is 6.85. The molecule has 1 aliphatic rings. The van der Waals surface area contributed by atoms with Crippen LogP contribution in [0.5, 0.6) is 5.75 Å². The molecular weight excluding hydrogens is 288 g/mol. The summed E-state index contributed by atoms with van der Waals surface area (Å²) < 4.78 is 30.6. The molecule has 4 nitrogen and oxygen atoms in total. The summed E-state index contributed by atoms with van der Waals surface area (Å²) in [6.45, 7) is 0.422. The first kappa shape index (κ1) is 13.8. The van der Waals surface area contributed by atoms with Gasteiger partial charge in [-0.05, 0) is 30.7 Å². The molecule has 0 spiro atoms. The van der Waals surface area contributed by atoms with E-state index in [9.17, 15) is 13.2 Å². The van der Waals surface area contributed by atoms with Crippen LogP contribution in [-0.2, 0) is 14.6 Å². The Labute approximate surface area is 123 Å². The van der Waals surface area contributed by atoms with Crippen LogP contribution >= 0.6 is 0 Å². The van der Waals surface area contributed by atoms with Gasteiger partial charge in [0.2, 0.25) is 9.84 Å². The Morgan fingerprint density at radius 2 is 1.81 bits per heavy atom. The van der Waals surface area contributed by atoms with Crippen LogP contribution in [0.25, 0.3) is 0 Å². The van der Waals surface area contributed by atoms with Crippen molar-refractivity contribution in [3.63, 3.8) is 0 Å². The van der Waals surface area contributed by atoms with E-state index in [-0.39, 0.29) is 15.7 Å². The molecule has 0 radical (unpaired) electrons. The number of carbonyl (C=O) groups is 1. The molecule has 0 amide bonds. The fraction of sp³-hybridized carbons (Fsp3) is 0.188. The smallest absolute Gasteiger partial charge is 0.206 e. The maximum atomic E-state index is 12.5. The molecule has 2 aromatic carbocycles.